The molecule has 1 aromatic heterocycles. The second-order valence-corrected chi connectivity index (χ2v) is 7.26. The molecule has 1 heterocycles. The summed E-state index contributed by atoms with van der Waals surface area (Å²) in [6, 6.07) is 3.30. The molecule has 19 heavy (non-hydrogen) atoms. The van der Waals surface area contributed by atoms with Crippen LogP contribution in [0.3, 0.4) is 0 Å². The van der Waals surface area contributed by atoms with Crippen molar-refractivity contribution in [3.05, 3.63) is 39.5 Å². The minimum atomic E-state index is -3.56. The van der Waals surface area contributed by atoms with Crippen LogP contribution in [-0.2, 0) is 16.3 Å². The van der Waals surface area contributed by atoms with Gasteiger partial charge >= 0.3 is 0 Å². The first-order chi connectivity index (χ1) is 9.00. The molecule has 0 saturated carbocycles. The maximum Gasteiger partial charge on any atom is 0.206 e. The quantitative estimate of drug-likeness (QED) is 0.923. The molecule has 0 radical (unpaired) electrons. The molecule has 2 aromatic rings. The molecule has 1 unspecified atom stereocenters. The largest absolute Gasteiger partial charge is 0.221 e. The Labute approximate surface area is 119 Å². The predicted octanol–water partition coefficient (Wildman–Crippen LogP) is 2.57. The third-order valence-corrected chi connectivity index (χ3v) is 5.83. The topological polar surface area (TPSA) is 75.7 Å². The number of fused-ring (bicyclic) bond motifs is 1. The van der Waals surface area contributed by atoms with Gasteiger partial charge in [0, 0.05) is 10.0 Å². The Hall–Kier alpha value is -1.11. The molecule has 1 N–H and O–H groups in total. The number of rotatable bonds is 2. The van der Waals surface area contributed by atoms with Gasteiger partial charge in [-0.1, -0.05) is 23.2 Å². The summed E-state index contributed by atoms with van der Waals surface area (Å²) in [5, 5.41) is 9.75. The van der Waals surface area contributed by atoms with E-state index in [1.807, 2.05) is 0 Å². The van der Waals surface area contributed by atoms with E-state index in [0.29, 0.717) is 28.5 Å². The highest BCUT2D eigenvalue weighted by atomic mass is 35.5. The van der Waals surface area contributed by atoms with Crippen LogP contribution in [0, 0.1) is 0 Å². The van der Waals surface area contributed by atoms with E-state index in [2.05, 4.69) is 15.4 Å². The van der Waals surface area contributed by atoms with Crippen LogP contribution in [0.15, 0.2) is 23.4 Å². The second kappa shape index (κ2) is 4.47. The van der Waals surface area contributed by atoms with Crippen molar-refractivity contribution in [1.29, 1.82) is 0 Å². The predicted molar refractivity (Wildman–Crippen MR) is 71.1 cm³/mol. The van der Waals surface area contributed by atoms with Crippen LogP contribution in [-0.4, -0.2) is 23.8 Å². The number of hydrogen-bond acceptors (Lipinski definition) is 4. The fraction of sp³-hybridized carbons (Fsp3) is 0.273. The van der Waals surface area contributed by atoms with E-state index in [0.717, 1.165) is 5.56 Å². The molecule has 1 atom stereocenters. The summed E-state index contributed by atoms with van der Waals surface area (Å²) in [5.74, 6) is 0. The summed E-state index contributed by atoms with van der Waals surface area (Å²) in [6.45, 7) is 0. The molecular formula is C11H9Cl2N3O2S. The summed E-state index contributed by atoms with van der Waals surface area (Å²) in [5.41, 5.74) is 1.52. The lowest BCUT2D eigenvalue weighted by Gasteiger charge is -2.11. The number of aromatic amines is 1. The first-order valence-corrected chi connectivity index (χ1v) is 7.88. The van der Waals surface area contributed by atoms with Crippen LogP contribution < -0.4 is 0 Å². The number of halogens is 2. The van der Waals surface area contributed by atoms with Gasteiger partial charge in [0.1, 0.15) is 0 Å². The third kappa shape index (κ3) is 2.04. The summed E-state index contributed by atoms with van der Waals surface area (Å²) in [4.78, 5) is 0. The van der Waals surface area contributed by atoms with E-state index in [-0.39, 0.29) is 5.03 Å². The van der Waals surface area contributed by atoms with E-state index in [9.17, 15) is 8.42 Å². The molecule has 1 aromatic carbocycles. The van der Waals surface area contributed by atoms with Gasteiger partial charge in [0.15, 0.2) is 5.03 Å². The Bertz CT molecular complexity index is 729. The van der Waals surface area contributed by atoms with Crippen LogP contribution >= 0.6 is 23.2 Å². The highest BCUT2D eigenvalue weighted by Crippen LogP contribution is 2.43. The molecule has 1 aliphatic rings. The van der Waals surface area contributed by atoms with Crippen molar-refractivity contribution in [2.45, 2.75) is 23.1 Å². The van der Waals surface area contributed by atoms with Crippen LogP contribution in [0.1, 0.15) is 22.8 Å². The van der Waals surface area contributed by atoms with Crippen molar-refractivity contribution in [3.63, 3.8) is 0 Å². The molecule has 1 aliphatic carbocycles. The van der Waals surface area contributed by atoms with Crippen molar-refractivity contribution in [2.24, 2.45) is 0 Å². The van der Waals surface area contributed by atoms with Crippen molar-refractivity contribution in [2.75, 3.05) is 0 Å². The second-order valence-electron chi connectivity index (χ2n) is 4.34. The number of H-pyrrole nitrogens is 1. The Kier molecular flexibility index (Phi) is 3.03. The van der Waals surface area contributed by atoms with Crippen molar-refractivity contribution < 1.29 is 8.42 Å². The minimum Gasteiger partial charge on any atom is -0.221 e. The zero-order valence-corrected chi connectivity index (χ0v) is 11.9. The number of sulfone groups is 1. The van der Waals surface area contributed by atoms with Gasteiger partial charge in [0.25, 0.3) is 0 Å². The fourth-order valence-corrected chi connectivity index (χ4v) is 4.64. The van der Waals surface area contributed by atoms with E-state index in [1.54, 1.807) is 12.1 Å². The van der Waals surface area contributed by atoms with Crippen molar-refractivity contribution >= 4 is 33.0 Å². The van der Waals surface area contributed by atoms with Crippen LogP contribution in [0.25, 0.3) is 0 Å². The molecule has 0 saturated heterocycles. The summed E-state index contributed by atoms with van der Waals surface area (Å²) in [7, 11) is -3.56. The molecule has 100 valence electrons. The molecule has 0 bridgehead atoms. The fourth-order valence-electron chi connectivity index (χ4n) is 2.40. The number of nitrogens with zero attached hydrogens (tertiary/aromatic N) is 2. The summed E-state index contributed by atoms with van der Waals surface area (Å²) < 4.78 is 24.9. The van der Waals surface area contributed by atoms with Crippen molar-refractivity contribution in [3.8, 4) is 0 Å². The highest BCUT2D eigenvalue weighted by Gasteiger charge is 2.37. The zero-order valence-electron chi connectivity index (χ0n) is 9.60. The number of aromatic nitrogens is 3. The molecule has 8 heteroatoms. The molecule has 0 amide bonds. The Morgan fingerprint density at radius 1 is 1.32 bits per heavy atom. The normalized spacial score (nSPS) is 18.5. The van der Waals surface area contributed by atoms with Gasteiger partial charge < -0.3 is 0 Å². The lowest BCUT2D eigenvalue weighted by atomic mass is 10.1. The van der Waals surface area contributed by atoms with Crippen LogP contribution in [0.5, 0.6) is 0 Å². The lowest BCUT2D eigenvalue weighted by molar-refractivity contribution is 0.576. The van der Waals surface area contributed by atoms with Gasteiger partial charge in [-0.3, -0.25) is 0 Å². The minimum absolute atomic E-state index is 0.0542. The van der Waals surface area contributed by atoms with Crippen LogP contribution in [0.4, 0.5) is 0 Å². The molecule has 5 nitrogen and oxygen atoms in total. The monoisotopic (exact) mass is 317 g/mol. The smallest absolute Gasteiger partial charge is 0.206 e. The van der Waals surface area contributed by atoms with Gasteiger partial charge in [-0.2, -0.15) is 10.3 Å². The average Bonchev–Trinajstić information content (AvgIpc) is 2.97. The van der Waals surface area contributed by atoms with Gasteiger partial charge in [-0.25, -0.2) is 8.42 Å². The van der Waals surface area contributed by atoms with E-state index in [4.69, 9.17) is 23.2 Å². The first-order valence-electron chi connectivity index (χ1n) is 5.57. The molecule has 0 spiro atoms. The Morgan fingerprint density at radius 3 is 2.79 bits per heavy atom. The van der Waals surface area contributed by atoms with Gasteiger partial charge in [0.2, 0.25) is 9.84 Å². The van der Waals surface area contributed by atoms with Gasteiger partial charge in [-0.05, 0) is 36.1 Å². The summed E-state index contributed by atoms with van der Waals surface area (Å²) >= 11 is 12.1. The number of hydrogen-bond donors (Lipinski definition) is 1. The zero-order chi connectivity index (χ0) is 13.6. The van der Waals surface area contributed by atoms with E-state index in [1.165, 1.54) is 6.20 Å². The maximum atomic E-state index is 12.5. The average molecular weight is 318 g/mol. The molecular weight excluding hydrogens is 309 g/mol. The Balaban J connectivity index is 2.13. The molecule has 0 aliphatic heterocycles. The molecule has 3 rings (SSSR count). The van der Waals surface area contributed by atoms with Gasteiger partial charge in [-0.15, -0.1) is 5.10 Å². The van der Waals surface area contributed by atoms with Gasteiger partial charge in [0.05, 0.1) is 11.4 Å². The maximum absolute atomic E-state index is 12.5. The van der Waals surface area contributed by atoms with Crippen LogP contribution in [0.2, 0.25) is 10.0 Å². The Morgan fingerprint density at radius 2 is 2.11 bits per heavy atom. The standard InChI is InChI=1S/C11H9Cl2N3O2S/c12-6-3-8-7(9(13)4-6)1-2-10(8)19(17,18)11-5-14-16-15-11/h3-5,10H,1-2H2,(H,14,15,16). The van der Waals surface area contributed by atoms with E-state index >= 15 is 0 Å². The lowest BCUT2D eigenvalue weighted by Crippen LogP contribution is -2.11. The van der Waals surface area contributed by atoms with Crippen molar-refractivity contribution in [1.82, 2.24) is 15.4 Å². The third-order valence-electron chi connectivity index (χ3n) is 3.26. The number of nitrogens with one attached hydrogen (secondary N) is 1. The summed E-state index contributed by atoms with van der Waals surface area (Å²) in [6.07, 6.45) is 2.30. The highest BCUT2D eigenvalue weighted by molar-refractivity contribution is 7.91. The first kappa shape index (κ1) is 12.9. The molecule has 0 fully saturated rings. The SMILES string of the molecule is O=S(=O)(c1cn[nH]n1)C1CCc2c(Cl)cc(Cl)cc21. The number of benzene rings is 1. The van der Waals surface area contributed by atoms with E-state index < -0.39 is 15.1 Å².